The first kappa shape index (κ1) is 20.1. The number of anilines is 1. The van der Waals surface area contributed by atoms with Crippen molar-refractivity contribution in [2.75, 3.05) is 44.4 Å². The van der Waals surface area contributed by atoms with Crippen LogP contribution in [0.15, 0.2) is 33.7 Å². The van der Waals surface area contributed by atoms with Crippen LogP contribution >= 0.6 is 24.2 Å². The molecule has 0 bridgehead atoms. The summed E-state index contributed by atoms with van der Waals surface area (Å²) in [6, 6.07) is 8.19. The Morgan fingerprint density at radius 3 is 2.78 bits per heavy atom. The van der Waals surface area contributed by atoms with Crippen LogP contribution in [0.5, 0.6) is 0 Å². The van der Waals surface area contributed by atoms with Gasteiger partial charge in [-0.2, -0.15) is 4.98 Å². The summed E-state index contributed by atoms with van der Waals surface area (Å²) in [4.78, 5) is 22.3. The third-order valence-electron chi connectivity index (χ3n) is 5.12. The summed E-state index contributed by atoms with van der Waals surface area (Å²) in [5.41, 5.74) is 0.922. The number of nitrogens with one attached hydrogen (secondary N) is 1. The number of benzene rings is 1. The van der Waals surface area contributed by atoms with Crippen molar-refractivity contribution < 1.29 is 9.32 Å². The van der Waals surface area contributed by atoms with Crippen LogP contribution in [0.4, 0.5) is 5.69 Å². The van der Waals surface area contributed by atoms with Gasteiger partial charge in [-0.15, -0.1) is 24.2 Å². The van der Waals surface area contributed by atoms with E-state index in [1.165, 1.54) is 4.90 Å². The monoisotopic (exact) mass is 409 g/mol. The lowest BCUT2D eigenvalue weighted by Gasteiger charge is -2.30. The minimum atomic E-state index is -0.0502. The van der Waals surface area contributed by atoms with Crippen molar-refractivity contribution >= 4 is 35.8 Å². The van der Waals surface area contributed by atoms with E-state index in [0.717, 1.165) is 25.3 Å². The fourth-order valence-corrected chi connectivity index (χ4v) is 3.94. The SMILES string of the molecule is CSc1ccc(N2CC(c3nc(C4CNCCN4C)no3)CC2=O)cc1.Cl. The van der Waals surface area contributed by atoms with Crippen LogP contribution in [0.25, 0.3) is 0 Å². The lowest BCUT2D eigenvalue weighted by molar-refractivity contribution is -0.117. The highest BCUT2D eigenvalue weighted by atomic mass is 35.5. The molecule has 2 saturated heterocycles. The maximum absolute atomic E-state index is 12.5. The zero-order valence-electron chi connectivity index (χ0n) is 15.4. The summed E-state index contributed by atoms with van der Waals surface area (Å²) in [5, 5.41) is 7.54. The van der Waals surface area contributed by atoms with Crippen molar-refractivity contribution in [1.29, 1.82) is 0 Å². The molecule has 4 rings (SSSR count). The highest BCUT2D eigenvalue weighted by molar-refractivity contribution is 7.98. The van der Waals surface area contributed by atoms with Gasteiger partial charge in [0, 0.05) is 43.2 Å². The number of amides is 1. The van der Waals surface area contributed by atoms with Gasteiger partial charge in [0.1, 0.15) is 0 Å². The van der Waals surface area contributed by atoms with Gasteiger partial charge in [-0.25, -0.2) is 0 Å². The number of likely N-dealkylation sites (N-methyl/N-ethyl adjacent to an activating group) is 1. The minimum Gasteiger partial charge on any atom is -0.339 e. The Hall–Kier alpha value is -1.61. The summed E-state index contributed by atoms with van der Waals surface area (Å²) < 4.78 is 5.52. The molecule has 0 saturated carbocycles. The molecule has 2 fully saturated rings. The average Bonchev–Trinajstić information content (AvgIpc) is 3.29. The maximum atomic E-state index is 12.5. The summed E-state index contributed by atoms with van der Waals surface area (Å²) in [7, 11) is 2.07. The Morgan fingerprint density at radius 2 is 2.07 bits per heavy atom. The molecule has 2 unspecified atom stereocenters. The molecule has 2 aliphatic heterocycles. The lowest BCUT2D eigenvalue weighted by atomic mass is 10.1. The molecule has 146 valence electrons. The zero-order chi connectivity index (χ0) is 18.1. The van der Waals surface area contributed by atoms with Crippen molar-refractivity contribution in [3.05, 3.63) is 36.0 Å². The Balaban J connectivity index is 0.00000210. The molecular weight excluding hydrogens is 386 g/mol. The van der Waals surface area contributed by atoms with E-state index >= 15 is 0 Å². The predicted octanol–water partition coefficient (Wildman–Crippen LogP) is 2.31. The van der Waals surface area contributed by atoms with Gasteiger partial charge in [-0.3, -0.25) is 9.69 Å². The van der Waals surface area contributed by atoms with Crippen LogP contribution in [0.1, 0.15) is 30.1 Å². The first-order chi connectivity index (χ1) is 12.7. The predicted molar refractivity (Wildman–Crippen MR) is 108 cm³/mol. The summed E-state index contributed by atoms with van der Waals surface area (Å²) >= 11 is 1.69. The first-order valence-corrected chi connectivity index (χ1v) is 10.1. The van der Waals surface area contributed by atoms with Crippen LogP contribution in [0.2, 0.25) is 0 Å². The number of piperazine rings is 1. The van der Waals surface area contributed by atoms with E-state index in [-0.39, 0.29) is 30.3 Å². The molecule has 1 aromatic heterocycles. The Labute approximate surface area is 169 Å². The number of rotatable bonds is 4. The maximum Gasteiger partial charge on any atom is 0.232 e. The molecule has 2 atom stereocenters. The van der Waals surface area contributed by atoms with Crippen LogP contribution in [0, 0.1) is 0 Å². The van der Waals surface area contributed by atoms with E-state index < -0.39 is 0 Å². The molecule has 3 heterocycles. The topological polar surface area (TPSA) is 74.5 Å². The number of hydrogen-bond acceptors (Lipinski definition) is 7. The number of aromatic nitrogens is 2. The van der Waals surface area contributed by atoms with Gasteiger partial charge in [0.2, 0.25) is 11.8 Å². The van der Waals surface area contributed by atoms with Crippen LogP contribution < -0.4 is 10.2 Å². The molecule has 0 aliphatic carbocycles. The fraction of sp³-hybridized carbons (Fsp3) is 0.500. The van der Waals surface area contributed by atoms with Crippen LogP contribution in [-0.2, 0) is 4.79 Å². The summed E-state index contributed by atoms with van der Waals surface area (Å²) in [6.45, 7) is 3.32. The number of thioether (sulfide) groups is 1. The molecule has 0 spiro atoms. The summed E-state index contributed by atoms with van der Waals surface area (Å²) in [6.07, 6.45) is 2.45. The van der Waals surface area contributed by atoms with Crippen LogP contribution in [0.3, 0.4) is 0 Å². The number of carbonyl (C=O) groups is 1. The molecule has 27 heavy (non-hydrogen) atoms. The van der Waals surface area contributed by atoms with E-state index in [0.29, 0.717) is 24.7 Å². The fourth-order valence-electron chi connectivity index (χ4n) is 3.53. The van der Waals surface area contributed by atoms with Gasteiger partial charge in [-0.05, 0) is 37.6 Å². The van der Waals surface area contributed by atoms with E-state index in [4.69, 9.17) is 4.52 Å². The molecule has 1 N–H and O–H groups in total. The van der Waals surface area contributed by atoms with E-state index in [1.54, 1.807) is 11.8 Å². The van der Waals surface area contributed by atoms with Gasteiger partial charge in [-0.1, -0.05) is 5.16 Å². The standard InChI is InChI=1S/C18H23N5O2S.ClH/c1-22-8-7-19-10-15(22)17-20-18(25-21-17)12-9-16(24)23(11-12)13-3-5-14(26-2)6-4-13;/h3-6,12,15,19H,7-11H2,1-2H3;1H. The number of nitrogens with zero attached hydrogens (tertiary/aromatic N) is 4. The van der Waals surface area contributed by atoms with Gasteiger partial charge < -0.3 is 14.7 Å². The summed E-state index contributed by atoms with van der Waals surface area (Å²) in [5.74, 6) is 1.31. The molecular formula is C18H24ClN5O2S. The van der Waals surface area contributed by atoms with Crippen molar-refractivity contribution in [2.45, 2.75) is 23.3 Å². The van der Waals surface area contributed by atoms with Crippen molar-refractivity contribution in [3.63, 3.8) is 0 Å². The van der Waals surface area contributed by atoms with E-state index in [9.17, 15) is 4.79 Å². The van der Waals surface area contributed by atoms with Gasteiger partial charge in [0.25, 0.3) is 0 Å². The molecule has 1 aromatic carbocycles. The molecule has 1 amide bonds. The smallest absolute Gasteiger partial charge is 0.232 e. The van der Waals surface area contributed by atoms with Gasteiger partial charge >= 0.3 is 0 Å². The number of hydrogen-bond donors (Lipinski definition) is 1. The van der Waals surface area contributed by atoms with Crippen molar-refractivity contribution in [1.82, 2.24) is 20.4 Å². The lowest BCUT2D eigenvalue weighted by Crippen LogP contribution is -2.44. The average molecular weight is 410 g/mol. The molecule has 2 aromatic rings. The van der Waals surface area contributed by atoms with Crippen LogP contribution in [-0.4, -0.2) is 60.4 Å². The van der Waals surface area contributed by atoms with Crippen molar-refractivity contribution in [3.8, 4) is 0 Å². The molecule has 0 radical (unpaired) electrons. The van der Waals surface area contributed by atoms with Gasteiger partial charge in [0.15, 0.2) is 5.82 Å². The molecule has 7 nitrogen and oxygen atoms in total. The number of halogens is 1. The first-order valence-electron chi connectivity index (χ1n) is 8.84. The highest BCUT2D eigenvalue weighted by Crippen LogP contribution is 2.32. The Morgan fingerprint density at radius 1 is 1.30 bits per heavy atom. The normalized spacial score (nSPS) is 23.5. The van der Waals surface area contributed by atoms with Gasteiger partial charge in [0.05, 0.1) is 12.0 Å². The largest absolute Gasteiger partial charge is 0.339 e. The second-order valence-corrected chi connectivity index (χ2v) is 7.67. The minimum absolute atomic E-state index is 0. The quantitative estimate of drug-likeness (QED) is 0.776. The third kappa shape index (κ3) is 4.13. The zero-order valence-corrected chi connectivity index (χ0v) is 17.1. The molecule has 2 aliphatic rings. The third-order valence-corrected chi connectivity index (χ3v) is 5.87. The van der Waals surface area contributed by atoms with E-state index in [2.05, 4.69) is 27.4 Å². The Kier molecular flexibility index (Phi) is 6.41. The Bertz CT molecular complexity index is 784. The second kappa shape index (κ2) is 8.60. The molecule has 9 heteroatoms. The van der Waals surface area contributed by atoms with Crippen molar-refractivity contribution in [2.24, 2.45) is 0 Å². The second-order valence-electron chi connectivity index (χ2n) is 6.79. The number of carbonyl (C=O) groups excluding carboxylic acids is 1. The van der Waals surface area contributed by atoms with E-state index in [1.807, 2.05) is 35.4 Å². The highest BCUT2D eigenvalue weighted by Gasteiger charge is 2.36.